The fourth-order valence-corrected chi connectivity index (χ4v) is 1.70. The Labute approximate surface area is 120 Å². The summed E-state index contributed by atoms with van der Waals surface area (Å²) in [6.45, 7) is 12.8. The van der Waals surface area contributed by atoms with Crippen molar-refractivity contribution < 1.29 is 14.2 Å². The zero-order chi connectivity index (χ0) is 14.6. The number of hydrogen-bond donors (Lipinski definition) is 0. The highest BCUT2D eigenvalue weighted by Gasteiger charge is 2.37. The molecule has 0 spiro atoms. The third-order valence-corrected chi connectivity index (χ3v) is 3.11. The Balaban J connectivity index is 4.48. The Morgan fingerprint density at radius 3 is 1.21 bits per heavy atom. The van der Waals surface area contributed by atoms with E-state index in [1.165, 1.54) is 0 Å². The predicted molar refractivity (Wildman–Crippen MR) is 80.1 cm³/mol. The molecule has 0 radical (unpaired) electrons. The van der Waals surface area contributed by atoms with E-state index in [0.29, 0.717) is 19.8 Å². The van der Waals surface area contributed by atoms with Crippen molar-refractivity contribution in [2.24, 2.45) is 5.92 Å². The van der Waals surface area contributed by atoms with Crippen LogP contribution >= 0.6 is 0 Å². The van der Waals surface area contributed by atoms with Crippen LogP contribution in [-0.4, -0.2) is 25.8 Å². The third kappa shape index (κ3) is 7.91. The zero-order valence-electron chi connectivity index (χ0n) is 13.7. The summed E-state index contributed by atoms with van der Waals surface area (Å²) < 4.78 is 17.9. The Bertz CT molecular complexity index is 166. The molecule has 0 aromatic heterocycles. The number of rotatable bonds is 13. The van der Waals surface area contributed by atoms with Crippen molar-refractivity contribution in [3.8, 4) is 0 Å². The van der Waals surface area contributed by atoms with Gasteiger partial charge in [-0.25, -0.2) is 0 Å². The van der Waals surface area contributed by atoms with Gasteiger partial charge >= 0.3 is 0 Å². The monoisotopic (exact) mass is 274 g/mol. The topological polar surface area (TPSA) is 27.7 Å². The molecule has 0 atom stereocenters. The first-order chi connectivity index (χ1) is 9.13. The normalized spacial score (nSPS) is 12.3. The van der Waals surface area contributed by atoms with Gasteiger partial charge in [0.1, 0.15) is 0 Å². The summed E-state index contributed by atoms with van der Waals surface area (Å²) >= 11 is 0. The van der Waals surface area contributed by atoms with E-state index in [1.807, 2.05) is 0 Å². The second-order valence-electron chi connectivity index (χ2n) is 5.36. The first kappa shape index (κ1) is 18.9. The molecule has 0 N–H and O–H groups in total. The van der Waals surface area contributed by atoms with Crippen molar-refractivity contribution in [3.05, 3.63) is 0 Å². The second kappa shape index (κ2) is 11.7. The smallest absolute Gasteiger partial charge is 0.285 e. The molecule has 0 saturated heterocycles. The van der Waals surface area contributed by atoms with E-state index in [9.17, 15) is 0 Å². The van der Waals surface area contributed by atoms with Crippen molar-refractivity contribution in [2.45, 2.75) is 79.1 Å². The van der Waals surface area contributed by atoms with Gasteiger partial charge in [-0.15, -0.1) is 0 Å². The maximum absolute atomic E-state index is 5.98. The van der Waals surface area contributed by atoms with Gasteiger partial charge in [0.05, 0.1) is 19.8 Å². The lowest BCUT2D eigenvalue weighted by Crippen LogP contribution is -2.45. The van der Waals surface area contributed by atoms with E-state index in [4.69, 9.17) is 14.2 Å². The van der Waals surface area contributed by atoms with Crippen LogP contribution in [0.1, 0.15) is 73.1 Å². The number of hydrogen-bond acceptors (Lipinski definition) is 3. The lowest BCUT2D eigenvalue weighted by molar-refractivity contribution is -0.401. The average molecular weight is 274 g/mol. The van der Waals surface area contributed by atoms with Gasteiger partial charge in [0, 0.05) is 5.92 Å². The SMILES string of the molecule is CCCCOC(OCCCC)(OCCCC)C(C)C. The average Bonchev–Trinajstić information content (AvgIpc) is 2.38. The summed E-state index contributed by atoms with van der Waals surface area (Å²) in [6, 6.07) is 0. The van der Waals surface area contributed by atoms with Gasteiger partial charge in [0.15, 0.2) is 0 Å². The Morgan fingerprint density at radius 1 is 0.684 bits per heavy atom. The van der Waals surface area contributed by atoms with Crippen LogP contribution in [0.4, 0.5) is 0 Å². The third-order valence-electron chi connectivity index (χ3n) is 3.11. The molecule has 3 nitrogen and oxygen atoms in total. The molecular weight excluding hydrogens is 240 g/mol. The van der Waals surface area contributed by atoms with Crippen LogP contribution in [0.25, 0.3) is 0 Å². The lowest BCUT2D eigenvalue weighted by atomic mass is 10.1. The van der Waals surface area contributed by atoms with Gasteiger partial charge < -0.3 is 14.2 Å². The molecular formula is C16H34O3. The van der Waals surface area contributed by atoms with Gasteiger partial charge in [0.25, 0.3) is 5.97 Å². The van der Waals surface area contributed by atoms with Crippen LogP contribution in [0.5, 0.6) is 0 Å². The van der Waals surface area contributed by atoms with Crippen molar-refractivity contribution >= 4 is 0 Å². The lowest BCUT2D eigenvalue weighted by Gasteiger charge is -2.36. The predicted octanol–water partition coefficient (Wildman–Crippen LogP) is 4.75. The quantitative estimate of drug-likeness (QED) is 0.358. The summed E-state index contributed by atoms with van der Waals surface area (Å²) in [4.78, 5) is 0. The van der Waals surface area contributed by atoms with Gasteiger partial charge in [-0.2, -0.15) is 0 Å². The van der Waals surface area contributed by atoms with Gasteiger partial charge in [-0.1, -0.05) is 53.9 Å². The van der Waals surface area contributed by atoms with Gasteiger partial charge in [0.2, 0.25) is 0 Å². The molecule has 0 bridgehead atoms. The van der Waals surface area contributed by atoms with E-state index < -0.39 is 5.97 Å². The van der Waals surface area contributed by atoms with E-state index in [-0.39, 0.29) is 5.92 Å². The summed E-state index contributed by atoms with van der Waals surface area (Å²) in [7, 11) is 0. The molecule has 3 heteroatoms. The highest BCUT2D eigenvalue weighted by atomic mass is 16.9. The maximum atomic E-state index is 5.98. The largest absolute Gasteiger partial charge is 0.327 e. The molecule has 0 aromatic carbocycles. The molecule has 0 aromatic rings. The summed E-state index contributed by atoms with van der Waals surface area (Å²) in [5, 5.41) is 0. The molecule has 0 aliphatic rings. The Hall–Kier alpha value is -0.120. The highest BCUT2D eigenvalue weighted by molar-refractivity contribution is 4.64. The van der Waals surface area contributed by atoms with Crippen LogP contribution in [0.2, 0.25) is 0 Å². The highest BCUT2D eigenvalue weighted by Crippen LogP contribution is 2.27. The van der Waals surface area contributed by atoms with Crippen molar-refractivity contribution in [2.75, 3.05) is 19.8 Å². The minimum Gasteiger partial charge on any atom is -0.327 e. The number of ether oxygens (including phenoxy) is 3. The first-order valence-electron chi connectivity index (χ1n) is 8.04. The molecule has 0 amide bonds. The summed E-state index contributed by atoms with van der Waals surface area (Å²) in [6.07, 6.45) is 6.50. The summed E-state index contributed by atoms with van der Waals surface area (Å²) in [5.74, 6) is -0.655. The molecule has 0 unspecified atom stereocenters. The molecule has 0 rings (SSSR count). The van der Waals surface area contributed by atoms with Crippen molar-refractivity contribution in [1.29, 1.82) is 0 Å². The molecule has 0 aliphatic carbocycles. The van der Waals surface area contributed by atoms with Crippen LogP contribution in [0.3, 0.4) is 0 Å². The maximum Gasteiger partial charge on any atom is 0.285 e. The van der Waals surface area contributed by atoms with Gasteiger partial charge in [-0.3, -0.25) is 0 Å². The van der Waals surface area contributed by atoms with E-state index >= 15 is 0 Å². The number of unbranched alkanes of at least 4 members (excludes halogenated alkanes) is 3. The van der Waals surface area contributed by atoms with E-state index in [1.54, 1.807) is 0 Å². The minimum absolute atomic E-state index is 0.193. The molecule has 0 saturated carbocycles. The molecule has 19 heavy (non-hydrogen) atoms. The summed E-state index contributed by atoms with van der Waals surface area (Å²) in [5.41, 5.74) is 0. The van der Waals surface area contributed by atoms with Crippen LogP contribution in [0, 0.1) is 5.92 Å². The van der Waals surface area contributed by atoms with Crippen LogP contribution in [-0.2, 0) is 14.2 Å². The minimum atomic E-state index is -0.848. The van der Waals surface area contributed by atoms with Gasteiger partial charge in [-0.05, 0) is 19.3 Å². The molecule has 116 valence electrons. The van der Waals surface area contributed by atoms with E-state index in [2.05, 4.69) is 34.6 Å². The molecule has 0 fully saturated rings. The Morgan fingerprint density at radius 2 is 1.00 bits per heavy atom. The standard InChI is InChI=1S/C16H34O3/c1-6-9-12-17-16(15(4)5,18-13-10-7-2)19-14-11-8-3/h15H,6-14H2,1-5H3. The Kier molecular flexibility index (Phi) is 11.6. The second-order valence-corrected chi connectivity index (χ2v) is 5.36. The fraction of sp³-hybridized carbons (Fsp3) is 1.00. The van der Waals surface area contributed by atoms with Crippen molar-refractivity contribution in [3.63, 3.8) is 0 Å². The zero-order valence-corrected chi connectivity index (χ0v) is 13.7. The fourth-order valence-electron chi connectivity index (χ4n) is 1.70. The van der Waals surface area contributed by atoms with Crippen molar-refractivity contribution in [1.82, 2.24) is 0 Å². The molecule has 0 heterocycles. The van der Waals surface area contributed by atoms with Crippen LogP contribution < -0.4 is 0 Å². The first-order valence-corrected chi connectivity index (χ1v) is 8.04. The van der Waals surface area contributed by atoms with Crippen LogP contribution in [0.15, 0.2) is 0 Å². The molecule has 0 aliphatic heterocycles. The van der Waals surface area contributed by atoms with E-state index in [0.717, 1.165) is 38.5 Å².